The molecular formula is C11H9F3N2O. The number of nitrogens with one attached hydrogen (secondary N) is 2. The second-order valence-corrected chi connectivity index (χ2v) is 3.07. The summed E-state index contributed by atoms with van der Waals surface area (Å²) >= 11 is 0. The van der Waals surface area contributed by atoms with Gasteiger partial charge in [-0.1, -0.05) is 6.07 Å². The number of carbonyl (C=O) groups excluding carboxylic acids is 1. The Kier molecular flexibility index (Phi) is 4.45. The summed E-state index contributed by atoms with van der Waals surface area (Å²) in [5, 5.41) is 9.15. The summed E-state index contributed by atoms with van der Waals surface area (Å²) in [6, 6.07) is 3.58. The molecule has 17 heavy (non-hydrogen) atoms. The fourth-order valence-corrected chi connectivity index (χ4v) is 1.09. The lowest BCUT2D eigenvalue weighted by atomic mass is 10.1. The number of aldehydes is 1. The SMILES string of the molecule is N=C(/C=C\NC(F)F)c1ccc(C=O)c(F)c1. The van der Waals surface area contributed by atoms with Crippen LogP contribution >= 0.6 is 0 Å². The Morgan fingerprint density at radius 1 is 1.41 bits per heavy atom. The summed E-state index contributed by atoms with van der Waals surface area (Å²) in [4.78, 5) is 10.4. The number of alkyl halides is 2. The van der Waals surface area contributed by atoms with Crippen LogP contribution in [0.3, 0.4) is 0 Å². The van der Waals surface area contributed by atoms with Crippen LogP contribution in [0.25, 0.3) is 0 Å². The van der Waals surface area contributed by atoms with Gasteiger partial charge in [-0.15, -0.1) is 0 Å². The average Bonchev–Trinajstić information content (AvgIpc) is 2.28. The van der Waals surface area contributed by atoms with Gasteiger partial charge in [-0.25, -0.2) is 4.39 Å². The molecule has 0 spiro atoms. The third-order valence-electron chi connectivity index (χ3n) is 1.91. The molecule has 6 heteroatoms. The normalized spacial score (nSPS) is 10.8. The van der Waals surface area contributed by atoms with Crippen molar-refractivity contribution >= 4 is 12.0 Å². The van der Waals surface area contributed by atoms with Crippen LogP contribution in [0.15, 0.2) is 30.5 Å². The van der Waals surface area contributed by atoms with Gasteiger partial charge in [0.05, 0.1) is 11.3 Å². The molecule has 0 unspecified atom stereocenters. The van der Waals surface area contributed by atoms with E-state index in [-0.39, 0.29) is 16.8 Å². The van der Waals surface area contributed by atoms with E-state index >= 15 is 0 Å². The summed E-state index contributed by atoms with van der Waals surface area (Å²) in [5.74, 6) is -0.752. The van der Waals surface area contributed by atoms with Crippen LogP contribution in [0.2, 0.25) is 0 Å². The van der Waals surface area contributed by atoms with Crippen molar-refractivity contribution in [2.45, 2.75) is 6.55 Å². The predicted octanol–water partition coefficient (Wildman–Crippen LogP) is 2.33. The van der Waals surface area contributed by atoms with Crippen molar-refractivity contribution < 1.29 is 18.0 Å². The number of allylic oxidation sites excluding steroid dienone is 1. The van der Waals surface area contributed by atoms with Crippen LogP contribution in [-0.2, 0) is 0 Å². The van der Waals surface area contributed by atoms with Crippen LogP contribution in [-0.4, -0.2) is 18.5 Å². The molecule has 3 nitrogen and oxygen atoms in total. The summed E-state index contributed by atoms with van der Waals surface area (Å²) in [7, 11) is 0. The molecule has 0 atom stereocenters. The Labute approximate surface area is 95.5 Å². The highest BCUT2D eigenvalue weighted by molar-refractivity contribution is 6.06. The third kappa shape index (κ3) is 3.75. The largest absolute Gasteiger partial charge is 0.336 e. The van der Waals surface area contributed by atoms with Crippen molar-refractivity contribution in [1.29, 1.82) is 5.41 Å². The van der Waals surface area contributed by atoms with E-state index < -0.39 is 12.4 Å². The van der Waals surface area contributed by atoms with Gasteiger partial charge in [-0.3, -0.25) is 4.79 Å². The molecule has 0 fully saturated rings. The van der Waals surface area contributed by atoms with E-state index in [9.17, 15) is 18.0 Å². The van der Waals surface area contributed by atoms with Gasteiger partial charge in [-0.05, 0) is 18.2 Å². The lowest BCUT2D eigenvalue weighted by Crippen LogP contribution is -2.12. The van der Waals surface area contributed by atoms with E-state index in [0.29, 0.717) is 6.29 Å². The molecule has 1 rings (SSSR count). The zero-order valence-corrected chi connectivity index (χ0v) is 8.58. The Morgan fingerprint density at radius 2 is 2.12 bits per heavy atom. The van der Waals surface area contributed by atoms with E-state index in [4.69, 9.17) is 5.41 Å². The van der Waals surface area contributed by atoms with Gasteiger partial charge in [0.25, 0.3) is 0 Å². The first kappa shape index (κ1) is 13.0. The second-order valence-electron chi connectivity index (χ2n) is 3.07. The van der Waals surface area contributed by atoms with Gasteiger partial charge < -0.3 is 10.7 Å². The van der Waals surface area contributed by atoms with Crippen LogP contribution in [0.5, 0.6) is 0 Å². The summed E-state index contributed by atoms with van der Waals surface area (Å²) in [6.07, 6.45) is 2.33. The van der Waals surface area contributed by atoms with Crippen molar-refractivity contribution in [3.8, 4) is 0 Å². The molecular weight excluding hydrogens is 233 g/mol. The van der Waals surface area contributed by atoms with Gasteiger partial charge in [-0.2, -0.15) is 8.78 Å². The maximum Gasteiger partial charge on any atom is 0.312 e. The fraction of sp³-hybridized carbons (Fsp3) is 0.0909. The smallest absolute Gasteiger partial charge is 0.312 e. The molecule has 0 aliphatic rings. The fourth-order valence-electron chi connectivity index (χ4n) is 1.09. The average molecular weight is 242 g/mol. The highest BCUT2D eigenvalue weighted by Gasteiger charge is 2.04. The Hall–Kier alpha value is -2.11. The van der Waals surface area contributed by atoms with E-state index in [1.807, 2.05) is 0 Å². The van der Waals surface area contributed by atoms with Crippen LogP contribution in [0, 0.1) is 11.2 Å². The highest BCUT2D eigenvalue weighted by atomic mass is 19.3. The molecule has 0 aliphatic carbocycles. The quantitative estimate of drug-likeness (QED) is 0.473. The van der Waals surface area contributed by atoms with E-state index in [1.54, 1.807) is 5.32 Å². The topological polar surface area (TPSA) is 53.0 Å². The molecule has 0 saturated carbocycles. The minimum atomic E-state index is -2.71. The maximum atomic E-state index is 13.2. The number of halogens is 3. The number of rotatable bonds is 5. The third-order valence-corrected chi connectivity index (χ3v) is 1.91. The van der Waals surface area contributed by atoms with Gasteiger partial charge in [0, 0.05) is 11.8 Å². The molecule has 1 aromatic carbocycles. The summed E-state index contributed by atoms with van der Waals surface area (Å²) in [5.41, 5.74) is -0.0637. The molecule has 0 amide bonds. The van der Waals surface area contributed by atoms with Crippen molar-refractivity contribution in [3.05, 3.63) is 47.4 Å². The van der Waals surface area contributed by atoms with Crippen molar-refractivity contribution in [1.82, 2.24) is 5.32 Å². The van der Waals surface area contributed by atoms with Gasteiger partial charge in [0.2, 0.25) is 0 Å². The second kappa shape index (κ2) is 5.83. The lowest BCUT2D eigenvalue weighted by Gasteiger charge is -2.01. The van der Waals surface area contributed by atoms with Crippen molar-refractivity contribution in [2.24, 2.45) is 0 Å². The Bertz CT molecular complexity index is 458. The van der Waals surface area contributed by atoms with E-state index in [1.165, 1.54) is 12.1 Å². The minimum Gasteiger partial charge on any atom is -0.336 e. The first-order valence-electron chi connectivity index (χ1n) is 4.59. The molecule has 0 aromatic heterocycles. The molecule has 1 aromatic rings. The molecule has 90 valence electrons. The van der Waals surface area contributed by atoms with Gasteiger partial charge >= 0.3 is 6.55 Å². The van der Waals surface area contributed by atoms with Crippen LogP contribution in [0.4, 0.5) is 13.2 Å². The first-order valence-corrected chi connectivity index (χ1v) is 4.59. The van der Waals surface area contributed by atoms with E-state index in [2.05, 4.69) is 0 Å². The van der Waals surface area contributed by atoms with Gasteiger partial charge in [0.15, 0.2) is 6.29 Å². The Balaban J connectivity index is 2.79. The van der Waals surface area contributed by atoms with Crippen molar-refractivity contribution in [3.63, 3.8) is 0 Å². The first-order chi connectivity index (χ1) is 8.04. The zero-order chi connectivity index (χ0) is 12.8. The van der Waals surface area contributed by atoms with E-state index in [0.717, 1.165) is 18.3 Å². The summed E-state index contributed by atoms with van der Waals surface area (Å²) < 4.78 is 36.6. The number of benzene rings is 1. The highest BCUT2D eigenvalue weighted by Crippen LogP contribution is 2.09. The number of carbonyl (C=O) groups is 1. The monoisotopic (exact) mass is 242 g/mol. The van der Waals surface area contributed by atoms with Crippen LogP contribution in [0.1, 0.15) is 15.9 Å². The molecule has 0 aliphatic heterocycles. The zero-order valence-electron chi connectivity index (χ0n) is 8.58. The molecule has 2 N–H and O–H groups in total. The summed E-state index contributed by atoms with van der Waals surface area (Å²) in [6.45, 7) is -2.71. The molecule has 0 saturated heterocycles. The van der Waals surface area contributed by atoms with Crippen LogP contribution < -0.4 is 5.32 Å². The minimum absolute atomic E-state index is 0.115. The van der Waals surface area contributed by atoms with Crippen molar-refractivity contribution in [2.75, 3.05) is 0 Å². The molecule has 0 heterocycles. The lowest BCUT2D eigenvalue weighted by molar-refractivity contribution is 0.111. The maximum absolute atomic E-state index is 13.2. The Morgan fingerprint density at radius 3 is 2.65 bits per heavy atom. The molecule has 0 radical (unpaired) electrons. The standard InChI is InChI=1S/C11H9F3N2O/c12-9-5-7(1-2-8(9)6-17)10(15)3-4-16-11(13)14/h1-6,11,15-16H/b4-3-,15-10?. The molecule has 0 bridgehead atoms. The number of hydrogen-bond acceptors (Lipinski definition) is 3. The predicted molar refractivity (Wildman–Crippen MR) is 56.9 cm³/mol. The number of hydrogen-bond donors (Lipinski definition) is 2. The van der Waals surface area contributed by atoms with Gasteiger partial charge in [0.1, 0.15) is 5.82 Å².